The quantitative estimate of drug-likeness (QED) is 0.566. The van der Waals surface area contributed by atoms with Crippen LogP contribution in [0, 0.1) is 0 Å². The van der Waals surface area contributed by atoms with Crippen molar-refractivity contribution >= 4 is 5.97 Å². The number of rotatable bonds is 4. The molecule has 0 spiro atoms. The molecule has 1 unspecified atom stereocenters. The first-order valence-corrected chi connectivity index (χ1v) is 3.06. The summed E-state index contributed by atoms with van der Waals surface area (Å²) in [4.78, 5) is 10.3. The summed E-state index contributed by atoms with van der Waals surface area (Å²) in [5.74, 6) is -0.504. The van der Waals surface area contributed by atoms with Crippen LogP contribution < -0.4 is 0 Å². The first-order valence-electron chi connectivity index (χ1n) is 3.06. The smallest absolute Gasteiger partial charge is 0.305 e. The Morgan fingerprint density at radius 3 is 2.70 bits per heavy atom. The molecule has 0 heterocycles. The van der Waals surface area contributed by atoms with Crippen molar-refractivity contribution in [2.75, 3.05) is 13.3 Å². The average molecular weight is 152 g/mol. The average Bonchev–Trinajstić information content (AvgIpc) is 1.99. The summed E-state index contributed by atoms with van der Waals surface area (Å²) in [5, 5.41) is 0. The molecule has 4 heteroatoms. The third-order valence-corrected chi connectivity index (χ3v) is 0.881. The maximum atomic E-state index is 12.0. The van der Waals surface area contributed by atoms with Crippen molar-refractivity contribution in [3.8, 4) is 0 Å². The summed E-state index contributed by atoms with van der Waals surface area (Å²) in [6.07, 6.45) is -1.48. The number of alkyl halides is 2. The van der Waals surface area contributed by atoms with E-state index in [2.05, 4.69) is 4.74 Å². The third kappa shape index (κ3) is 4.23. The van der Waals surface area contributed by atoms with Crippen LogP contribution in [0.5, 0.6) is 0 Å². The van der Waals surface area contributed by atoms with Gasteiger partial charge in [-0.25, -0.2) is 8.78 Å². The van der Waals surface area contributed by atoms with E-state index in [-0.39, 0.29) is 6.42 Å². The highest BCUT2D eigenvalue weighted by molar-refractivity contribution is 5.68. The van der Waals surface area contributed by atoms with Crippen LogP contribution in [0.25, 0.3) is 0 Å². The molecule has 0 N–H and O–H groups in total. The molecule has 0 radical (unpaired) electrons. The molecule has 0 fully saturated rings. The van der Waals surface area contributed by atoms with Crippen molar-refractivity contribution in [1.29, 1.82) is 0 Å². The van der Waals surface area contributed by atoms with E-state index in [1.807, 2.05) is 0 Å². The molecule has 1 atom stereocenters. The van der Waals surface area contributed by atoms with E-state index in [0.29, 0.717) is 0 Å². The topological polar surface area (TPSA) is 26.3 Å². The van der Waals surface area contributed by atoms with Crippen LogP contribution in [0.4, 0.5) is 8.78 Å². The Hall–Kier alpha value is -0.670. The Kier molecular flexibility index (Phi) is 4.80. The van der Waals surface area contributed by atoms with E-state index < -0.39 is 25.4 Å². The number of halogens is 2. The SMILES string of the molecule is CCC(=O)OCC(F)CF. The van der Waals surface area contributed by atoms with Crippen molar-refractivity contribution in [3.63, 3.8) is 0 Å². The highest BCUT2D eigenvalue weighted by Crippen LogP contribution is 1.94. The van der Waals surface area contributed by atoms with Gasteiger partial charge in [0.1, 0.15) is 13.3 Å². The van der Waals surface area contributed by atoms with Gasteiger partial charge < -0.3 is 4.74 Å². The molecule has 0 bridgehead atoms. The lowest BCUT2D eigenvalue weighted by Gasteiger charge is -2.03. The van der Waals surface area contributed by atoms with E-state index in [1.54, 1.807) is 6.92 Å². The number of carbonyl (C=O) groups excluding carboxylic acids is 1. The van der Waals surface area contributed by atoms with Crippen LogP contribution in [0.2, 0.25) is 0 Å². The zero-order valence-corrected chi connectivity index (χ0v) is 5.77. The molecule has 10 heavy (non-hydrogen) atoms. The summed E-state index contributed by atoms with van der Waals surface area (Å²) in [5.41, 5.74) is 0. The lowest BCUT2D eigenvalue weighted by atomic mass is 10.4. The van der Waals surface area contributed by atoms with Crippen molar-refractivity contribution in [2.45, 2.75) is 19.5 Å². The number of carbonyl (C=O) groups is 1. The standard InChI is InChI=1S/C6H10F2O2/c1-2-6(9)10-4-5(8)3-7/h5H,2-4H2,1H3. The first kappa shape index (κ1) is 9.33. The van der Waals surface area contributed by atoms with Gasteiger partial charge in [-0.1, -0.05) is 6.92 Å². The fourth-order valence-electron chi connectivity index (χ4n) is 0.330. The van der Waals surface area contributed by atoms with Gasteiger partial charge in [0, 0.05) is 6.42 Å². The molecule has 60 valence electrons. The van der Waals surface area contributed by atoms with E-state index in [1.165, 1.54) is 0 Å². The van der Waals surface area contributed by atoms with Crippen LogP contribution in [-0.2, 0) is 9.53 Å². The highest BCUT2D eigenvalue weighted by Gasteiger charge is 2.07. The lowest BCUT2D eigenvalue weighted by Crippen LogP contribution is -2.15. The molecule has 2 nitrogen and oxygen atoms in total. The Morgan fingerprint density at radius 1 is 1.70 bits per heavy atom. The number of hydrogen-bond acceptors (Lipinski definition) is 2. The van der Waals surface area contributed by atoms with Crippen LogP contribution in [0.15, 0.2) is 0 Å². The fourth-order valence-corrected chi connectivity index (χ4v) is 0.330. The zero-order chi connectivity index (χ0) is 7.98. The second kappa shape index (κ2) is 5.14. The van der Waals surface area contributed by atoms with E-state index in [0.717, 1.165) is 0 Å². The van der Waals surface area contributed by atoms with Crippen LogP contribution >= 0.6 is 0 Å². The molecule has 0 aromatic carbocycles. The maximum absolute atomic E-state index is 12.0. The Balaban J connectivity index is 3.26. The molecule has 0 aliphatic heterocycles. The minimum atomic E-state index is -1.67. The zero-order valence-electron chi connectivity index (χ0n) is 5.77. The van der Waals surface area contributed by atoms with Gasteiger partial charge in [-0.15, -0.1) is 0 Å². The predicted octanol–water partition coefficient (Wildman–Crippen LogP) is 1.25. The molecule has 0 aliphatic rings. The van der Waals surface area contributed by atoms with E-state index in [4.69, 9.17) is 0 Å². The van der Waals surface area contributed by atoms with Crippen molar-refractivity contribution in [1.82, 2.24) is 0 Å². The van der Waals surface area contributed by atoms with Crippen LogP contribution in [0.1, 0.15) is 13.3 Å². The third-order valence-electron chi connectivity index (χ3n) is 0.881. The second-order valence-corrected chi connectivity index (χ2v) is 1.79. The van der Waals surface area contributed by atoms with Gasteiger partial charge in [-0.3, -0.25) is 4.79 Å². The summed E-state index contributed by atoms with van der Waals surface area (Å²) < 4.78 is 27.6. The van der Waals surface area contributed by atoms with Gasteiger partial charge in [-0.05, 0) is 0 Å². The normalized spacial score (nSPS) is 12.7. The van der Waals surface area contributed by atoms with Gasteiger partial charge >= 0.3 is 5.97 Å². The van der Waals surface area contributed by atoms with Gasteiger partial charge in [0.15, 0.2) is 6.17 Å². The van der Waals surface area contributed by atoms with Crippen molar-refractivity contribution in [3.05, 3.63) is 0 Å². The van der Waals surface area contributed by atoms with Gasteiger partial charge in [0.25, 0.3) is 0 Å². The minimum absolute atomic E-state index is 0.193. The monoisotopic (exact) mass is 152 g/mol. The van der Waals surface area contributed by atoms with Crippen LogP contribution in [0.3, 0.4) is 0 Å². The Labute approximate surface area is 58.2 Å². The molecule has 0 saturated heterocycles. The molecule has 0 aliphatic carbocycles. The second-order valence-electron chi connectivity index (χ2n) is 1.79. The van der Waals surface area contributed by atoms with Gasteiger partial charge in [-0.2, -0.15) is 0 Å². The maximum Gasteiger partial charge on any atom is 0.305 e. The van der Waals surface area contributed by atoms with Crippen LogP contribution in [-0.4, -0.2) is 25.4 Å². The van der Waals surface area contributed by atoms with Gasteiger partial charge in [0.2, 0.25) is 0 Å². The largest absolute Gasteiger partial charge is 0.462 e. The molecule has 0 aromatic rings. The number of ether oxygens (including phenoxy) is 1. The molecular weight excluding hydrogens is 142 g/mol. The highest BCUT2D eigenvalue weighted by atomic mass is 19.2. The molecule has 0 saturated carbocycles. The number of esters is 1. The summed E-state index contributed by atoms with van der Waals surface area (Å²) in [7, 11) is 0. The van der Waals surface area contributed by atoms with E-state index >= 15 is 0 Å². The number of hydrogen-bond donors (Lipinski definition) is 0. The lowest BCUT2D eigenvalue weighted by molar-refractivity contribution is -0.145. The molecular formula is C6H10F2O2. The van der Waals surface area contributed by atoms with Crippen molar-refractivity contribution in [2.24, 2.45) is 0 Å². The van der Waals surface area contributed by atoms with Crippen molar-refractivity contribution < 1.29 is 18.3 Å². The molecule has 0 amide bonds. The fraction of sp³-hybridized carbons (Fsp3) is 0.833. The molecule has 0 aromatic heterocycles. The summed E-state index contributed by atoms with van der Waals surface area (Å²) in [6, 6.07) is 0. The minimum Gasteiger partial charge on any atom is -0.462 e. The van der Waals surface area contributed by atoms with Gasteiger partial charge in [0.05, 0.1) is 0 Å². The Bertz CT molecular complexity index is 106. The Morgan fingerprint density at radius 2 is 2.30 bits per heavy atom. The molecule has 0 rings (SSSR count). The summed E-state index contributed by atoms with van der Waals surface area (Å²) >= 11 is 0. The predicted molar refractivity (Wildman–Crippen MR) is 32.1 cm³/mol. The summed E-state index contributed by atoms with van der Waals surface area (Å²) in [6.45, 7) is 0.0190. The van der Waals surface area contributed by atoms with E-state index in [9.17, 15) is 13.6 Å². The first-order chi connectivity index (χ1) is 4.70.